The van der Waals surface area contributed by atoms with E-state index in [9.17, 15) is 19.2 Å². The van der Waals surface area contributed by atoms with Crippen molar-refractivity contribution in [2.75, 3.05) is 0 Å². The number of aromatic nitrogens is 8. The van der Waals surface area contributed by atoms with Gasteiger partial charge in [-0.1, -0.05) is 0 Å². The Balaban J connectivity index is 0.000000136. The molecular weight excluding hydrogens is 308 g/mol. The van der Waals surface area contributed by atoms with Crippen molar-refractivity contribution in [3.8, 4) is 0 Å². The fourth-order valence-electron chi connectivity index (χ4n) is 1.86. The lowest BCUT2D eigenvalue weighted by Gasteiger charge is -1.93. The van der Waals surface area contributed by atoms with Gasteiger partial charge in [-0.2, -0.15) is 0 Å². The average molecular weight is 318 g/mol. The molecule has 5 N–H and O–H groups in total. The zero-order valence-electron chi connectivity index (χ0n) is 11.6. The Kier molecular flexibility index (Phi) is 3.25. The Labute approximate surface area is 124 Å². The van der Waals surface area contributed by atoms with E-state index in [0.29, 0.717) is 11.2 Å². The first kappa shape index (κ1) is 14.2. The van der Waals surface area contributed by atoms with Crippen molar-refractivity contribution in [3.05, 3.63) is 54.3 Å². The Morgan fingerprint density at radius 2 is 1.48 bits per heavy atom. The van der Waals surface area contributed by atoms with Gasteiger partial charge in [0.15, 0.2) is 11.3 Å². The molecule has 4 heterocycles. The van der Waals surface area contributed by atoms with Gasteiger partial charge in [-0.3, -0.25) is 29.1 Å². The molecule has 0 saturated carbocycles. The van der Waals surface area contributed by atoms with Gasteiger partial charge >= 0.3 is 11.4 Å². The summed E-state index contributed by atoms with van der Waals surface area (Å²) in [5.41, 5.74) is -0.662. The number of H-pyrrole nitrogens is 5. The summed E-state index contributed by atoms with van der Waals surface area (Å²) in [4.78, 5) is 63.4. The minimum Gasteiger partial charge on any atom is -0.339 e. The molecule has 23 heavy (non-hydrogen) atoms. The number of imidazole rings is 2. The van der Waals surface area contributed by atoms with Crippen LogP contribution in [0.15, 0.2) is 31.8 Å². The molecule has 0 aliphatic carbocycles. The number of fused-ring (bicyclic) bond motifs is 2. The maximum atomic E-state index is 11.3. The van der Waals surface area contributed by atoms with Gasteiger partial charge in [0.2, 0.25) is 0 Å². The van der Waals surface area contributed by atoms with Crippen LogP contribution in [0.25, 0.3) is 22.3 Å². The van der Waals surface area contributed by atoms with Crippen molar-refractivity contribution in [1.29, 1.82) is 0 Å². The summed E-state index contributed by atoms with van der Waals surface area (Å²) < 4.78 is 0.987. The van der Waals surface area contributed by atoms with Crippen LogP contribution in [0.4, 0.5) is 0 Å². The molecule has 118 valence electrons. The molecule has 0 spiro atoms. The lowest BCUT2D eigenvalue weighted by atomic mass is 10.5. The van der Waals surface area contributed by atoms with Crippen LogP contribution in [0, 0.1) is 0 Å². The largest absolute Gasteiger partial charge is 0.339 e. The summed E-state index contributed by atoms with van der Waals surface area (Å²) in [5, 5.41) is 0. The SMILES string of the molecule is Cn1c(=O)[nH]c2nc[nH]c2c1=O.O=c1[nH]c(=O)c2[nH]cnc2[nH]1. The molecule has 0 aliphatic heterocycles. The van der Waals surface area contributed by atoms with Crippen molar-refractivity contribution in [1.82, 2.24) is 39.5 Å². The van der Waals surface area contributed by atoms with Crippen molar-refractivity contribution in [2.45, 2.75) is 0 Å². The van der Waals surface area contributed by atoms with Gasteiger partial charge in [-0.15, -0.1) is 0 Å². The maximum absolute atomic E-state index is 11.3. The second-order valence-corrected chi connectivity index (χ2v) is 4.45. The maximum Gasteiger partial charge on any atom is 0.329 e. The van der Waals surface area contributed by atoms with Gasteiger partial charge in [-0.25, -0.2) is 19.6 Å². The first-order valence-electron chi connectivity index (χ1n) is 6.25. The molecule has 0 fully saturated rings. The highest BCUT2D eigenvalue weighted by molar-refractivity contribution is 5.68. The normalized spacial score (nSPS) is 10.7. The highest BCUT2D eigenvalue weighted by Crippen LogP contribution is 1.93. The van der Waals surface area contributed by atoms with E-state index in [1.165, 1.54) is 19.7 Å². The molecule has 4 rings (SSSR count). The third kappa shape index (κ3) is 2.48. The van der Waals surface area contributed by atoms with E-state index < -0.39 is 16.9 Å². The smallest absolute Gasteiger partial charge is 0.329 e. The van der Waals surface area contributed by atoms with E-state index in [4.69, 9.17) is 0 Å². The minimum atomic E-state index is -0.547. The Bertz CT molecular complexity index is 1220. The van der Waals surface area contributed by atoms with Gasteiger partial charge in [-0.05, 0) is 0 Å². The molecule has 0 bridgehead atoms. The van der Waals surface area contributed by atoms with Crippen molar-refractivity contribution >= 4 is 22.3 Å². The molecule has 0 aliphatic rings. The first-order chi connectivity index (χ1) is 11.0. The molecule has 4 aromatic rings. The Morgan fingerprint density at radius 1 is 0.870 bits per heavy atom. The highest BCUT2D eigenvalue weighted by Gasteiger charge is 2.04. The number of hydrogen-bond acceptors (Lipinski definition) is 6. The molecular formula is C11H10N8O4. The Morgan fingerprint density at radius 3 is 2.17 bits per heavy atom. The first-order valence-corrected chi connectivity index (χ1v) is 6.25. The second-order valence-electron chi connectivity index (χ2n) is 4.45. The summed E-state index contributed by atoms with van der Waals surface area (Å²) in [6.07, 6.45) is 2.71. The van der Waals surface area contributed by atoms with Crippen molar-refractivity contribution < 1.29 is 0 Å². The third-order valence-electron chi connectivity index (χ3n) is 3.01. The zero-order chi connectivity index (χ0) is 16.6. The molecule has 0 radical (unpaired) electrons. The van der Waals surface area contributed by atoms with E-state index in [0.717, 1.165) is 4.57 Å². The zero-order valence-corrected chi connectivity index (χ0v) is 11.6. The topological polar surface area (TPSA) is 178 Å². The highest BCUT2D eigenvalue weighted by atomic mass is 16.2. The molecule has 12 heteroatoms. The van der Waals surface area contributed by atoms with E-state index >= 15 is 0 Å². The monoisotopic (exact) mass is 318 g/mol. The van der Waals surface area contributed by atoms with Gasteiger partial charge in [0, 0.05) is 7.05 Å². The standard InChI is InChI=1S/C6H6N4O2.C5H4N4O2/c1-10-5(11)3-4(8-2-7-3)9-6(10)12;10-4-2-3(7-1-6-2)8-5(11)9-4/h2H,1H3,(H,7,8)(H,9,12);1H,(H3,6,7,8,9,10,11). The molecule has 0 atom stereocenters. The van der Waals surface area contributed by atoms with Crippen molar-refractivity contribution in [2.24, 2.45) is 7.05 Å². The molecule has 0 saturated heterocycles. The van der Waals surface area contributed by atoms with Crippen molar-refractivity contribution in [3.63, 3.8) is 0 Å². The number of nitrogens with one attached hydrogen (secondary N) is 5. The summed E-state index contributed by atoms with van der Waals surface area (Å²) in [7, 11) is 1.40. The van der Waals surface area contributed by atoms with E-state index in [1.807, 2.05) is 0 Å². The van der Waals surface area contributed by atoms with Crippen LogP contribution in [0.1, 0.15) is 0 Å². The van der Waals surface area contributed by atoms with E-state index in [2.05, 4.69) is 34.9 Å². The number of aromatic amines is 5. The molecule has 0 unspecified atom stereocenters. The molecule has 4 aromatic heterocycles. The van der Waals surface area contributed by atoms with Crippen LogP contribution in [-0.4, -0.2) is 39.5 Å². The quantitative estimate of drug-likeness (QED) is 0.247. The van der Waals surface area contributed by atoms with Crippen LogP contribution in [0.5, 0.6) is 0 Å². The summed E-state index contributed by atoms with van der Waals surface area (Å²) >= 11 is 0. The number of rotatable bonds is 0. The fraction of sp³-hybridized carbons (Fsp3) is 0.0909. The Hall–Kier alpha value is -3.70. The van der Waals surface area contributed by atoms with E-state index in [-0.39, 0.29) is 16.7 Å². The van der Waals surface area contributed by atoms with Gasteiger partial charge < -0.3 is 9.97 Å². The van der Waals surface area contributed by atoms with E-state index in [1.54, 1.807) is 0 Å². The van der Waals surface area contributed by atoms with Crippen LogP contribution in [0.3, 0.4) is 0 Å². The molecule has 0 amide bonds. The molecule has 0 aromatic carbocycles. The van der Waals surface area contributed by atoms with Crippen LogP contribution in [0.2, 0.25) is 0 Å². The van der Waals surface area contributed by atoms with Crippen LogP contribution >= 0.6 is 0 Å². The number of hydrogen-bond donors (Lipinski definition) is 5. The minimum absolute atomic E-state index is 0.277. The predicted octanol–water partition coefficient (Wildman–Crippen LogP) is -2.11. The summed E-state index contributed by atoms with van der Waals surface area (Å²) in [6, 6.07) is 0. The lowest BCUT2D eigenvalue weighted by molar-refractivity contribution is 0.790. The van der Waals surface area contributed by atoms with Crippen LogP contribution < -0.4 is 22.5 Å². The predicted molar refractivity (Wildman–Crippen MR) is 79.3 cm³/mol. The van der Waals surface area contributed by atoms with Gasteiger partial charge in [0.1, 0.15) is 11.0 Å². The lowest BCUT2D eigenvalue weighted by Crippen LogP contribution is -2.32. The van der Waals surface area contributed by atoms with Gasteiger partial charge in [0.05, 0.1) is 12.7 Å². The molecule has 12 nitrogen and oxygen atoms in total. The summed E-state index contributed by atoms with van der Waals surface area (Å²) in [5.74, 6) is 0. The third-order valence-corrected chi connectivity index (χ3v) is 3.01. The number of nitrogens with zero attached hydrogens (tertiary/aromatic N) is 3. The average Bonchev–Trinajstić information content (AvgIpc) is 3.14. The van der Waals surface area contributed by atoms with Crippen LogP contribution in [-0.2, 0) is 7.05 Å². The fourth-order valence-corrected chi connectivity index (χ4v) is 1.86. The van der Waals surface area contributed by atoms with Gasteiger partial charge in [0.25, 0.3) is 11.1 Å². The summed E-state index contributed by atoms with van der Waals surface area (Å²) in [6.45, 7) is 0. The second kappa shape index (κ2) is 5.25.